The second kappa shape index (κ2) is 3.36. The maximum absolute atomic E-state index is 8.95. The predicted octanol–water partition coefficient (Wildman–Crippen LogP) is 2.20. The molecule has 1 heterocycles. The van der Waals surface area contributed by atoms with E-state index in [1.807, 2.05) is 0 Å². The van der Waals surface area contributed by atoms with Gasteiger partial charge < -0.3 is 11.1 Å². The van der Waals surface area contributed by atoms with Gasteiger partial charge in [0.25, 0.3) is 0 Å². The first kappa shape index (κ1) is 9.91. The Morgan fingerprint density at radius 2 is 2.31 bits per heavy atom. The molecule has 3 N–H and O–H groups in total. The molecule has 2 aliphatic rings. The van der Waals surface area contributed by atoms with Crippen molar-refractivity contribution in [1.29, 1.82) is 5.26 Å². The zero-order valence-electron chi connectivity index (χ0n) is 8.99. The molecule has 5 heteroatoms. The van der Waals surface area contributed by atoms with E-state index in [0.29, 0.717) is 16.8 Å². The van der Waals surface area contributed by atoms with Crippen LogP contribution in [0.15, 0.2) is 0 Å². The second-order valence-electron chi connectivity index (χ2n) is 4.87. The van der Waals surface area contributed by atoms with E-state index in [9.17, 15) is 0 Å². The summed E-state index contributed by atoms with van der Waals surface area (Å²) in [5.41, 5.74) is 6.66. The average Bonchev–Trinajstić information content (AvgIpc) is 3.13. The highest BCUT2D eigenvalue weighted by Gasteiger charge is 2.53. The van der Waals surface area contributed by atoms with Crippen molar-refractivity contribution in [2.75, 3.05) is 17.6 Å². The third-order valence-corrected chi connectivity index (χ3v) is 4.59. The SMILES string of the molecule is N#Cc1c(N)nsc1NCC1(C2CC2)CC1. The Bertz CT molecular complexity index is 451. The van der Waals surface area contributed by atoms with Gasteiger partial charge in [-0.3, -0.25) is 0 Å². The van der Waals surface area contributed by atoms with E-state index in [2.05, 4.69) is 15.8 Å². The monoisotopic (exact) mass is 234 g/mol. The summed E-state index contributed by atoms with van der Waals surface area (Å²) in [5.74, 6) is 1.28. The Balaban J connectivity index is 1.68. The smallest absolute Gasteiger partial charge is 0.157 e. The minimum atomic E-state index is 0.353. The first-order valence-corrected chi connectivity index (χ1v) is 6.42. The molecular formula is C11H14N4S. The third kappa shape index (κ3) is 1.54. The molecule has 0 aromatic carbocycles. The molecule has 4 nitrogen and oxygen atoms in total. The van der Waals surface area contributed by atoms with Gasteiger partial charge in [-0.15, -0.1) is 0 Å². The molecular weight excluding hydrogens is 220 g/mol. The summed E-state index contributed by atoms with van der Waals surface area (Å²) < 4.78 is 4.00. The van der Waals surface area contributed by atoms with Crippen LogP contribution in [0.4, 0.5) is 10.8 Å². The van der Waals surface area contributed by atoms with E-state index in [1.54, 1.807) is 0 Å². The Labute approximate surface area is 98.6 Å². The van der Waals surface area contributed by atoms with Gasteiger partial charge in [0.2, 0.25) is 0 Å². The van der Waals surface area contributed by atoms with Crippen LogP contribution in [0.1, 0.15) is 31.2 Å². The zero-order chi connectivity index (χ0) is 11.2. The second-order valence-corrected chi connectivity index (χ2v) is 5.65. The van der Waals surface area contributed by atoms with Gasteiger partial charge in [-0.25, -0.2) is 0 Å². The molecule has 2 fully saturated rings. The number of anilines is 2. The van der Waals surface area contributed by atoms with Gasteiger partial charge in [0.05, 0.1) is 0 Å². The lowest BCUT2D eigenvalue weighted by Crippen LogP contribution is -2.17. The van der Waals surface area contributed by atoms with Gasteiger partial charge in [-0.2, -0.15) is 9.64 Å². The van der Waals surface area contributed by atoms with Crippen molar-refractivity contribution < 1.29 is 0 Å². The van der Waals surface area contributed by atoms with Crippen molar-refractivity contribution in [3.63, 3.8) is 0 Å². The summed E-state index contributed by atoms with van der Waals surface area (Å²) in [5, 5.41) is 13.2. The molecule has 0 radical (unpaired) electrons. The van der Waals surface area contributed by atoms with E-state index in [4.69, 9.17) is 11.0 Å². The maximum Gasteiger partial charge on any atom is 0.157 e. The lowest BCUT2D eigenvalue weighted by atomic mass is 10.0. The Morgan fingerprint density at radius 1 is 1.56 bits per heavy atom. The normalized spacial score (nSPS) is 21.4. The molecule has 0 atom stereocenters. The molecule has 1 aromatic heterocycles. The van der Waals surface area contributed by atoms with Gasteiger partial charge in [-0.1, -0.05) is 0 Å². The molecule has 0 aliphatic heterocycles. The van der Waals surface area contributed by atoms with Crippen molar-refractivity contribution in [2.24, 2.45) is 11.3 Å². The van der Waals surface area contributed by atoms with Gasteiger partial charge in [0.15, 0.2) is 5.82 Å². The number of nitrogens with zero attached hydrogens (tertiary/aromatic N) is 2. The Morgan fingerprint density at radius 3 is 2.88 bits per heavy atom. The van der Waals surface area contributed by atoms with Gasteiger partial charge in [0.1, 0.15) is 16.6 Å². The van der Waals surface area contributed by atoms with Crippen molar-refractivity contribution in [2.45, 2.75) is 25.7 Å². The molecule has 0 saturated heterocycles. The Hall–Kier alpha value is -1.28. The van der Waals surface area contributed by atoms with Crippen LogP contribution < -0.4 is 11.1 Å². The number of nitrogens with two attached hydrogens (primary N) is 1. The van der Waals surface area contributed by atoms with E-state index in [1.165, 1.54) is 37.2 Å². The lowest BCUT2D eigenvalue weighted by Gasteiger charge is -2.14. The van der Waals surface area contributed by atoms with Crippen LogP contribution in [-0.2, 0) is 0 Å². The number of hydrogen-bond donors (Lipinski definition) is 2. The van der Waals surface area contributed by atoms with Crippen molar-refractivity contribution >= 4 is 22.4 Å². The quantitative estimate of drug-likeness (QED) is 0.837. The highest BCUT2D eigenvalue weighted by molar-refractivity contribution is 7.10. The topological polar surface area (TPSA) is 74.7 Å². The first-order valence-electron chi connectivity index (χ1n) is 5.64. The van der Waals surface area contributed by atoms with Crippen LogP contribution in [0.5, 0.6) is 0 Å². The summed E-state index contributed by atoms with van der Waals surface area (Å²) >= 11 is 1.29. The lowest BCUT2D eigenvalue weighted by molar-refractivity contribution is 0.467. The van der Waals surface area contributed by atoms with Crippen LogP contribution in [0, 0.1) is 22.7 Å². The van der Waals surface area contributed by atoms with E-state index in [-0.39, 0.29) is 0 Å². The average molecular weight is 234 g/mol. The van der Waals surface area contributed by atoms with Crippen LogP contribution in [0.25, 0.3) is 0 Å². The third-order valence-electron chi connectivity index (χ3n) is 3.77. The van der Waals surface area contributed by atoms with E-state index < -0.39 is 0 Å². The molecule has 2 aliphatic carbocycles. The van der Waals surface area contributed by atoms with Crippen molar-refractivity contribution in [1.82, 2.24) is 4.37 Å². The fourth-order valence-corrected chi connectivity index (χ4v) is 3.03. The number of aromatic nitrogens is 1. The summed E-state index contributed by atoms with van der Waals surface area (Å²) in [4.78, 5) is 0. The van der Waals surface area contributed by atoms with Crippen LogP contribution in [0.2, 0.25) is 0 Å². The number of rotatable bonds is 4. The maximum atomic E-state index is 8.95. The summed E-state index contributed by atoms with van der Waals surface area (Å²) in [6, 6.07) is 2.11. The molecule has 84 valence electrons. The largest absolute Gasteiger partial charge is 0.382 e. The zero-order valence-corrected chi connectivity index (χ0v) is 9.81. The van der Waals surface area contributed by atoms with Crippen LogP contribution in [0.3, 0.4) is 0 Å². The standard InChI is InChI=1S/C11H14N4S/c12-5-8-9(13)15-16-10(8)14-6-11(3-4-11)7-1-2-7/h7,14H,1-4,6H2,(H2,13,15). The number of hydrogen-bond acceptors (Lipinski definition) is 5. The van der Waals surface area contributed by atoms with Crippen molar-refractivity contribution in [3.05, 3.63) is 5.56 Å². The minimum absolute atomic E-state index is 0.353. The highest BCUT2D eigenvalue weighted by Crippen LogP contribution is 2.61. The van der Waals surface area contributed by atoms with Crippen molar-refractivity contribution in [3.8, 4) is 6.07 Å². The van der Waals surface area contributed by atoms with Gasteiger partial charge >= 0.3 is 0 Å². The number of nitrogens with one attached hydrogen (secondary N) is 1. The molecule has 1 aromatic rings. The number of nitrogen functional groups attached to an aromatic ring is 1. The first-order chi connectivity index (χ1) is 7.75. The summed E-state index contributed by atoms with van der Waals surface area (Å²) in [7, 11) is 0. The van der Waals surface area contributed by atoms with Crippen LogP contribution >= 0.6 is 11.5 Å². The fourth-order valence-electron chi connectivity index (χ4n) is 2.37. The fraction of sp³-hybridized carbons (Fsp3) is 0.636. The molecule has 0 amide bonds. The molecule has 3 rings (SSSR count). The van der Waals surface area contributed by atoms with E-state index in [0.717, 1.165) is 17.5 Å². The highest BCUT2D eigenvalue weighted by atomic mass is 32.1. The van der Waals surface area contributed by atoms with Gasteiger partial charge in [-0.05, 0) is 48.5 Å². The molecule has 0 bridgehead atoms. The molecule has 16 heavy (non-hydrogen) atoms. The minimum Gasteiger partial charge on any atom is -0.382 e. The summed E-state index contributed by atoms with van der Waals surface area (Å²) in [6.45, 7) is 0.980. The molecule has 2 saturated carbocycles. The number of nitriles is 1. The summed E-state index contributed by atoms with van der Waals surface area (Å²) in [6.07, 6.45) is 5.44. The Kier molecular flexibility index (Phi) is 2.08. The van der Waals surface area contributed by atoms with Crippen LogP contribution in [-0.4, -0.2) is 10.9 Å². The molecule has 0 spiro atoms. The van der Waals surface area contributed by atoms with E-state index >= 15 is 0 Å². The predicted molar refractivity (Wildman–Crippen MR) is 64.1 cm³/mol. The molecule has 0 unspecified atom stereocenters. The van der Waals surface area contributed by atoms with Gasteiger partial charge in [0, 0.05) is 6.54 Å².